The Kier molecular flexibility index (Phi) is 6.31. The largest absolute Gasteiger partial charge is 0.497 e. The predicted octanol–water partition coefficient (Wildman–Crippen LogP) is 4.82. The van der Waals surface area contributed by atoms with E-state index in [1.54, 1.807) is 7.11 Å². The summed E-state index contributed by atoms with van der Waals surface area (Å²) >= 11 is 0. The van der Waals surface area contributed by atoms with Crippen molar-refractivity contribution >= 4 is 11.6 Å². The number of hydrogen-bond donors (Lipinski definition) is 1. The molecule has 2 heterocycles. The molecule has 2 aliphatic heterocycles. The van der Waals surface area contributed by atoms with Crippen molar-refractivity contribution in [3.8, 4) is 5.75 Å². The average molecular weight is 442 g/mol. The first kappa shape index (κ1) is 21.5. The molecule has 1 atom stereocenters. The maximum Gasteiger partial charge on any atom is 0.255 e. The Morgan fingerprint density at radius 1 is 0.848 bits per heavy atom. The van der Waals surface area contributed by atoms with Gasteiger partial charge in [-0.2, -0.15) is 0 Å². The van der Waals surface area contributed by atoms with Crippen LogP contribution in [0, 0.1) is 0 Å². The molecule has 3 aromatic carbocycles. The summed E-state index contributed by atoms with van der Waals surface area (Å²) in [5.74, 6) is 1.45. The molecule has 33 heavy (non-hydrogen) atoms. The zero-order valence-electron chi connectivity index (χ0n) is 19.1. The molecule has 1 saturated heterocycles. The highest BCUT2D eigenvalue weighted by molar-refractivity contribution is 6.02. The third-order valence-electron chi connectivity index (χ3n) is 6.98. The average Bonchev–Trinajstić information content (AvgIpc) is 2.89. The number of fused-ring (bicyclic) bond motifs is 1. The Morgan fingerprint density at radius 2 is 1.55 bits per heavy atom. The van der Waals surface area contributed by atoms with Crippen LogP contribution < -0.4 is 15.0 Å². The van der Waals surface area contributed by atoms with E-state index in [4.69, 9.17) is 4.74 Å². The van der Waals surface area contributed by atoms with Crippen molar-refractivity contribution in [2.24, 2.45) is 0 Å². The van der Waals surface area contributed by atoms with Crippen molar-refractivity contribution in [1.29, 1.82) is 0 Å². The van der Waals surface area contributed by atoms with Gasteiger partial charge in [0.05, 0.1) is 18.4 Å². The second kappa shape index (κ2) is 9.67. The number of nitrogens with zero attached hydrogens (tertiary/aromatic N) is 2. The number of likely N-dealkylation sites (tertiary alicyclic amines) is 1. The molecule has 0 aliphatic carbocycles. The summed E-state index contributed by atoms with van der Waals surface area (Å²) < 4.78 is 5.32. The smallest absolute Gasteiger partial charge is 0.255 e. The molecular weight excluding hydrogens is 410 g/mol. The van der Waals surface area contributed by atoms with Gasteiger partial charge in [0.2, 0.25) is 0 Å². The van der Waals surface area contributed by atoms with E-state index in [1.807, 2.05) is 42.5 Å². The molecule has 3 aromatic rings. The minimum Gasteiger partial charge on any atom is -0.497 e. The van der Waals surface area contributed by atoms with Gasteiger partial charge in [-0.15, -0.1) is 0 Å². The fraction of sp³-hybridized carbons (Fsp3) is 0.321. The highest BCUT2D eigenvalue weighted by Gasteiger charge is 2.32. The molecule has 1 fully saturated rings. The van der Waals surface area contributed by atoms with Crippen molar-refractivity contribution in [1.82, 2.24) is 10.2 Å². The maximum atomic E-state index is 12.8. The van der Waals surface area contributed by atoms with Gasteiger partial charge >= 0.3 is 0 Å². The van der Waals surface area contributed by atoms with E-state index in [-0.39, 0.29) is 12.1 Å². The van der Waals surface area contributed by atoms with E-state index in [0.717, 1.165) is 48.7 Å². The van der Waals surface area contributed by atoms with Gasteiger partial charge in [0.1, 0.15) is 11.9 Å². The number of methoxy groups -OCH3 is 1. The van der Waals surface area contributed by atoms with Gasteiger partial charge in [-0.05, 0) is 67.2 Å². The molecule has 5 nitrogen and oxygen atoms in total. The SMILES string of the molecule is COc1ccc(C2NC(=O)c3ccccc3N2CCN2CCC(c3ccccc3)CC2)cc1. The van der Waals surface area contributed by atoms with Crippen LogP contribution in [0.5, 0.6) is 5.75 Å². The number of carbonyl (C=O) groups excluding carboxylic acids is 1. The molecule has 0 saturated carbocycles. The first-order chi connectivity index (χ1) is 16.2. The molecule has 0 spiro atoms. The predicted molar refractivity (Wildman–Crippen MR) is 132 cm³/mol. The standard InChI is InChI=1S/C28H31N3O2/c1-33-24-13-11-23(12-14-24)27-29-28(32)25-9-5-6-10-26(25)31(27)20-19-30-17-15-22(16-18-30)21-7-3-2-4-8-21/h2-14,22,27H,15-20H2,1H3,(H,29,32). The quantitative estimate of drug-likeness (QED) is 0.596. The molecule has 1 amide bonds. The number of ether oxygens (including phenoxy) is 1. The summed E-state index contributed by atoms with van der Waals surface area (Å²) in [6.07, 6.45) is 2.19. The summed E-state index contributed by atoms with van der Waals surface area (Å²) in [6.45, 7) is 4.03. The van der Waals surface area contributed by atoms with Crippen LogP contribution in [0.3, 0.4) is 0 Å². The van der Waals surface area contributed by atoms with Crippen LogP contribution in [0.25, 0.3) is 0 Å². The van der Waals surface area contributed by atoms with Crippen LogP contribution in [0.1, 0.15) is 46.4 Å². The molecule has 170 valence electrons. The molecule has 5 rings (SSSR count). The molecule has 5 heteroatoms. The van der Waals surface area contributed by atoms with Crippen molar-refractivity contribution in [3.05, 3.63) is 95.6 Å². The van der Waals surface area contributed by atoms with E-state index >= 15 is 0 Å². The summed E-state index contributed by atoms with van der Waals surface area (Å²) in [7, 11) is 1.67. The second-order valence-electron chi connectivity index (χ2n) is 8.89. The van der Waals surface area contributed by atoms with Crippen LogP contribution in [0.4, 0.5) is 5.69 Å². The number of benzene rings is 3. The monoisotopic (exact) mass is 441 g/mol. The third kappa shape index (κ3) is 4.60. The topological polar surface area (TPSA) is 44.8 Å². The minimum atomic E-state index is -0.194. The van der Waals surface area contributed by atoms with Crippen molar-refractivity contribution in [2.45, 2.75) is 24.9 Å². The van der Waals surface area contributed by atoms with Crippen molar-refractivity contribution < 1.29 is 9.53 Å². The zero-order chi connectivity index (χ0) is 22.6. The van der Waals surface area contributed by atoms with Gasteiger partial charge in [-0.1, -0.05) is 54.6 Å². The Bertz CT molecular complexity index is 1080. The van der Waals surface area contributed by atoms with Gasteiger partial charge in [-0.3, -0.25) is 4.79 Å². The zero-order valence-corrected chi connectivity index (χ0v) is 19.1. The molecular formula is C28H31N3O2. The van der Waals surface area contributed by atoms with E-state index in [2.05, 4.69) is 51.5 Å². The molecule has 2 aliphatic rings. The highest BCUT2D eigenvalue weighted by Crippen LogP contribution is 2.34. The van der Waals surface area contributed by atoms with E-state index in [0.29, 0.717) is 5.92 Å². The number of hydrogen-bond acceptors (Lipinski definition) is 4. The van der Waals surface area contributed by atoms with Gasteiger partial charge in [0.25, 0.3) is 5.91 Å². The van der Waals surface area contributed by atoms with E-state index < -0.39 is 0 Å². The lowest BCUT2D eigenvalue weighted by Gasteiger charge is -2.41. The lowest BCUT2D eigenvalue weighted by molar-refractivity contribution is 0.0925. The number of piperidine rings is 1. The fourth-order valence-corrected chi connectivity index (χ4v) is 5.10. The molecule has 1 unspecified atom stereocenters. The number of rotatable bonds is 6. The van der Waals surface area contributed by atoms with Crippen LogP contribution >= 0.6 is 0 Å². The van der Waals surface area contributed by atoms with Crippen molar-refractivity contribution in [3.63, 3.8) is 0 Å². The van der Waals surface area contributed by atoms with Crippen LogP contribution in [0.2, 0.25) is 0 Å². The number of amides is 1. The maximum absolute atomic E-state index is 12.8. The lowest BCUT2D eigenvalue weighted by Crippen LogP contribution is -2.49. The van der Waals surface area contributed by atoms with Gasteiger partial charge < -0.3 is 19.9 Å². The summed E-state index contributed by atoms with van der Waals surface area (Å²) in [6, 6.07) is 26.8. The first-order valence-corrected chi connectivity index (χ1v) is 11.8. The Labute approximate surface area is 196 Å². The number of anilines is 1. The molecule has 0 radical (unpaired) electrons. The van der Waals surface area contributed by atoms with E-state index in [1.165, 1.54) is 18.4 Å². The Hall–Kier alpha value is -3.31. The highest BCUT2D eigenvalue weighted by atomic mass is 16.5. The molecule has 0 bridgehead atoms. The van der Waals surface area contributed by atoms with E-state index in [9.17, 15) is 4.79 Å². The van der Waals surface area contributed by atoms with Crippen LogP contribution in [-0.4, -0.2) is 44.1 Å². The van der Waals surface area contributed by atoms with Crippen LogP contribution in [-0.2, 0) is 0 Å². The van der Waals surface area contributed by atoms with Crippen molar-refractivity contribution in [2.75, 3.05) is 38.2 Å². The lowest BCUT2D eigenvalue weighted by atomic mass is 9.89. The summed E-state index contributed by atoms with van der Waals surface area (Å²) in [4.78, 5) is 17.7. The Balaban J connectivity index is 1.31. The summed E-state index contributed by atoms with van der Waals surface area (Å²) in [5, 5.41) is 3.22. The van der Waals surface area contributed by atoms with Crippen LogP contribution in [0.15, 0.2) is 78.9 Å². The second-order valence-corrected chi connectivity index (χ2v) is 8.89. The third-order valence-corrected chi connectivity index (χ3v) is 6.98. The Morgan fingerprint density at radius 3 is 2.27 bits per heavy atom. The number of para-hydroxylation sites is 1. The minimum absolute atomic E-state index is 0.0219. The fourth-order valence-electron chi connectivity index (χ4n) is 5.10. The van der Waals surface area contributed by atoms with Gasteiger partial charge in [0, 0.05) is 13.1 Å². The number of nitrogens with one attached hydrogen (secondary N) is 1. The normalized spacial score (nSPS) is 19.1. The first-order valence-electron chi connectivity index (χ1n) is 11.8. The summed E-state index contributed by atoms with van der Waals surface area (Å²) in [5.41, 5.74) is 4.26. The number of carbonyl (C=O) groups is 1. The molecule has 1 N–H and O–H groups in total. The van der Waals surface area contributed by atoms with Gasteiger partial charge in [-0.25, -0.2) is 0 Å². The van der Waals surface area contributed by atoms with Gasteiger partial charge in [0.15, 0.2) is 0 Å². The molecule has 0 aromatic heterocycles.